The van der Waals surface area contributed by atoms with Gasteiger partial charge in [0.25, 0.3) is 21.3 Å². The number of aromatic nitrogens is 4. The van der Waals surface area contributed by atoms with E-state index in [1.54, 1.807) is 24.3 Å². The van der Waals surface area contributed by atoms with E-state index in [-0.39, 0.29) is 34.0 Å². The summed E-state index contributed by atoms with van der Waals surface area (Å²) in [5, 5.41) is 13.8. The predicted octanol–water partition coefficient (Wildman–Crippen LogP) is 2.17. The van der Waals surface area contributed by atoms with Gasteiger partial charge in [-0.1, -0.05) is 18.2 Å². The number of rotatable bonds is 7. The number of nitrogens with zero attached hydrogens (tertiary/aromatic N) is 4. The van der Waals surface area contributed by atoms with Crippen LogP contribution in [0.3, 0.4) is 0 Å². The lowest BCUT2D eigenvalue weighted by Crippen LogP contribution is -2.17. The van der Waals surface area contributed by atoms with E-state index < -0.39 is 20.5 Å². The molecule has 0 amide bonds. The Morgan fingerprint density at radius 1 is 1.00 bits per heavy atom. The smallest absolute Gasteiger partial charge is 0.270 e. The fourth-order valence-corrected chi connectivity index (χ4v) is 3.87. The van der Waals surface area contributed by atoms with Crippen LogP contribution in [0, 0.1) is 10.1 Å². The molecule has 2 aromatic heterocycles. The summed E-state index contributed by atoms with van der Waals surface area (Å²) in [5.74, 6) is -0.335. The van der Waals surface area contributed by atoms with Crippen LogP contribution in [0.5, 0.6) is 5.88 Å². The Balaban J connectivity index is 1.79. The first kappa shape index (κ1) is 21.6. The Labute approximate surface area is 185 Å². The number of para-hydroxylation sites is 2. The average Bonchev–Trinajstić information content (AvgIpc) is 2.79. The van der Waals surface area contributed by atoms with Gasteiger partial charge in [-0.05, 0) is 18.2 Å². The van der Waals surface area contributed by atoms with Crippen molar-refractivity contribution in [3.63, 3.8) is 0 Å². The van der Waals surface area contributed by atoms with Crippen molar-refractivity contribution in [1.82, 2.24) is 19.9 Å². The van der Waals surface area contributed by atoms with E-state index in [0.29, 0.717) is 11.0 Å². The zero-order chi connectivity index (χ0) is 23.6. The first-order chi connectivity index (χ1) is 15.7. The van der Waals surface area contributed by atoms with E-state index in [1.165, 1.54) is 25.3 Å². The van der Waals surface area contributed by atoms with Gasteiger partial charge in [0, 0.05) is 12.1 Å². The van der Waals surface area contributed by atoms with Crippen LogP contribution in [-0.2, 0) is 10.0 Å². The summed E-state index contributed by atoms with van der Waals surface area (Å²) >= 11 is 0. The van der Waals surface area contributed by atoms with Crippen LogP contribution in [0.1, 0.15) is 0 Å². The third-order valence-electron chi connectivity index (χ3n) is 4.30. The lowest BCUT2D eigenvalue weighted by Gasteiger charge is -2.13. The van der Waals surface area contributed by atoms with Crippen LogP contribution in [-0.4, -0.2) is 40.4 Å². The zero-order valence-corrected chi connectivity index (χ0v) is 17.7. The predicted molar refractivity (Wildman–Crippen MR) is 118 cm³/mol. The standard InChI is InChI=1S/C19H15N7O6S/c1-32-16-10-15(27)22-19(23-16)24-17-18(21-14-8-3-2-7-13(14)20-17)25-33(30,31)12-6-4-5-11(9-12)26(28)29/h2-10H,1H3,(H,21,25)(H2,20,22,23,24,27). The topological polar surface area (TPSA) is 182 Å². The summed E-state index contributed by atoms with van der Waals surface area (Å²) < 4.78 is 33.2. The number of aromatic amines is 1. The van der Waals surface area contributed by atoms with Crippen molar-refractivity contribution in [2.45, 2.75) is 4.90 Å². The van der Waals surface area contributed by atoms with Gasteiger partial charge in [-0.3, -0.25) is 24.6 Å². The second kappa shape index (κ2) is 8.51. The van der Waals surface area contributed by atoms with E-state index >= 15 is 0 Å². The molecule has 0 aliphatic heterocycles. The highest BCUT2D eigenvalue weighted by Crippen LogP contribution is 2.27. The number of anilines is 3. The maximum Gasteiger partial charge on any atom is 0.270 e. The number of hydrogen-bond acceptors (Lipinski definition) is 10. The molecule has 0 radical (unpaired) electrons. The minimum Gasteiger partial charge on any atom is -0.481 e. The number of methoxy groups -OCH3 is 1. The molecule has 2 aromatic carbocycles. The molecule has 0 spiro atoms. The normalized spacial score (nSPS) is 11.2. The largest absolute Gasteiger partial charge is 0.481 e. The Morgan fingerprint density at radius 2 is 1.70 bits per heavy atom. The second-order valence-corrected chi connectivity index (χ2v) is 8.21. The molecule has 0 bridgehead atoms. The minimum atomic E-state index is -4.29. The van der Waals surface area contributed by atoms with E-state index in [9.17, 15) is 23.3 Å². The first-order valence-corrected chi connectivity index (χ1v) is 10.7. The number of ether oxygens (including phenoxy) is 1. The number of fused-ring (bicyclic) bond motifs is 1. The zero-order valence-electron chi connectivity index (χ0n) is 16.8. The van der Waals surface area contributed by atoms with Crippen LogP contribution in [0.25, 0.3) is 11.0 Å². The molecule has 0 atom stereocenters. The number of non-ortho nitro benzene ring substituents is 1. The van der Waals surface area contributed by atoms with Crippen molar-refractivity contribution < 1.29 is 18.1 Å². The number of sulfonamides is 1. The van der Waals surface area contributed by atoms with Gasteiger partial charge in [-0.2, -0.15) is 4.98 Å². The van der Waals surface area contributed by atoms with Crippen molar-refractivity contribution >= 4 is 44.3 Å². The lowest BCUT2D eigenvalue weighted by atomic mass is 10.3. The summed E-state index contributed by atoms with van der Waals surface area (Å²) in [6, 6.07) is 12.4. The van der Waals surface area contributed by atoms with Crippen molar-refractivity contribution in [2.75, 3.05) is 17.1 Å². The van der Waals surface area contributed by atoms with Crippen LogP contribution in [0.4, 0.5) is 23.3 Å². The minimum absolute atomic E-state index is 0.0220. The SMILES string of the molecule is COc1cc(=O)[nH]c(Nc2nc3ccccc3nc2NS(=O)(=O)c2cccc([N+](=O)[O-])c2)n1. The van der Waals surface area contributed by atoms with Gasteiger partial charge in [-0.25, -0.2) is 18.4 Å². The molecule has 0 aliphatic rings. The van der Waals surface area contributed by atoms with E-state index in [0.717, 1.165) is 12.1 Å². The van der Waals surface area contributed by atoms with Gasteiger partial charge in [0.2, 0.25) is 11.8 Å². The average molecular weight is 469 g/mol. The van der Waals surface area contributed by atoms with E-state index in [4.69, 9.17) is 4.74 Å². The molecule has 14 heteroatoms. The van der Waals surface area contributed by atoms with Crippen molar-refractivity contribution in [3.8, 4) is 5.88 Å². The van der Waals surface area contributed by atoms with Gasteiger partial charge in [0.1, 0.15) is 0 Å². The van der Waals surface area contributed by atoms with Crippen molar-refractivity contribution in [1.29, 1.82) is 0 Å². The molecule has 4 rings (SSSR count). The Bertz CT molecular complexity index is 1540. The Morgan fingerprint density at radius 3 is 2.36 bits per heavy atom. The number of nitrogens with one attached hydrogen (secondary N) is 3. The first-order valence-electron chi connectivity index (χ1n) is 9.21. The summed E-state index contributed by atoms with van der Waals surface area (Å²) in [4.78, 5) is 37.0. The number of hydrogen-bond donors (Lipinski definition) is 3. The van der Waals surface area contributed by atoms with Crippen LogP contribution >= 0.6 is 0 Å². The molecule has 4 aromatic rings. The second-order valence-electron chi connectivity index (χ2n) is 6.53. The maximum atomic E-state index is 12.9. The Kier molecular flexibility index (Phi) is 5.58. The molecule has 0 fully saturated rings. The molecule has 168 valence electrons. The number of H-pyrrole nitrogens is 1. The van der Waals surface area contributed by atoms with Gasteiger partial charge >= 0.3 is 0 Å². The number of nitro benzene ring substituents is 1. The van der Waals surface area contributed by atoms with Crippen molar-refractivity contribution in [2.24, 2.45) is 0 Å². The highest BCUT2D eigenvalue weighted by molar-refractivity contribution is 7.92. The van der Waals surface area contributed by atoms with E-state index in [2.05, 4.69) is 30.0 Å². The van der Waals surface area contributed by atoms with Crippen LogP contribution in [0.15, 0.2) is 64.3 Å². The van der Waals surface area contributed by atoms with Crippen LogP contribution in [0.2, 0.25) is 0 Å². The molecule has 0 saturated carbocycles. The maximum absolute atomic E-state index is 12.9. The molecule has 3 N–H and O–H groups in total. The molecule has 0 aliphatic carbocycles. The van der Waals surface area contributed by atoms with Crippen LogP contribution < -0.4 is 20.3 Å². The third kappa shape index (κ3) is 4.69. The fourth-order valence-electron chi connectivity index (χ4n) is 2.82. The van der Waals surface area contributed by atoms with Crippen molar-refractivity contribution in [3.05, 3.63) is 75.1 Å². The third-order valence-corrected chi connectivity index (χ3v) is 5.64. The van der Waals surface area contributed by atoms with E-state index in [1.807, 2.05) is 0 Å². The number of benzene rings is 2. The molecule has 2 heterocycles. The highest BCUT2D eigenvalue weighted by atomic mass is 32.2. The van der Waals surface area contributed by atoms with Gasteiger partial charge < -0.3 is 10.1 Å². The molecular weight excluding hydrogens is 454 g/mol. The molecule has 33 heavy (non-hydrogen) atoms. The van der Waals surface area contributed by atoms with Gasteiger partial charge in [0.15, 0.2) is 11.6 Å². The summed E-state index contributed by atoms with van der Waals surface area (Å²) in [6.45, 7) is 0. The fraction of sp³-hybridized carbons (Fsp3) is 0.0526. The highest BCUT2D eigenvalue weighted by Gasteiger charge is 2.21. The summed E-state index contributed by atoms with van der Waals surface area (Å²) in [5.41, 5.74) is -0.0915. The van der Waals surface area contributed by atoms with Gasteiger partial charge in [-0.15, -0.1) is 0 Å². The summed E-state index contributed by atoms with van der Waals surface area (Å²) in [6.07, 6.45) is 0. The number of nitro groups is 1. The molecule has 13 nitrogen and oxygen atoms in total. The summed E-state index contributed by atoms with van der Waals surface area (Å²) in [7, 11) is -2.95. The Hall–Kier alpha value is -4.59. The molecular formula is C19H15N7O6S. The quantitative estimate of drug-likeness (QED) is 0.268. The molecule has 0 unspecified atom stereocenters. The molecule has 0 saturated heterocycles. The lowest BCUT2D eigenvalue weighted by molar-refractivity contribution is -0.385. The van der Waals surface area contributed by atoms with Gasteiger partial charge in [0.05, 0.1) is 34.0 Å². The monoisotopic (exact) mass is 469 g/mol.